The first-order valence-electron chi connectivity index (χ1n) is 6.41. The van der Waals surface area contributed by atoms with Gasteiger partial charge in [-0.2, -0.15) is 0 Å². The zero-order chi connectivity index (χ0) is 14.2. The minimum absolute atomic E-state index is 0.0305. The normalized spacial score (nSPS) is 23.5. The highest BCUT2D eigenvalue weighted by Crippen LogP contribution is 2.34. The summed E-state index contributed by atoms with van der Waals surface area (Å²) in [4.78, 5) is 13.0. The average molecular weight is 330 g/mol. The third-order valence-electron chi connectivity index (χ3n) is 3.98. The van der Waals surface area contributed by atoms with E-state index >= 15 is 0 Å². The van der Waals surface area contributed by atoms with Crippen LogP contribution in [0.2, 0.25) is 0 Å². The Hall–Kier alpha value is -1.10. The maximum absolute atomic E-state index is 14.4. The lowest BCUT2D eigenvalue weighted by molar-refractivity contribution is 0.0695. The lowest BCUT2D eigenvalue weighted by atomic mass is 9.91. The van der Waals surface area contributed by atoms with Crippen molar-refractivity contribution in [2.45, 2.75) is 32.7 Å². The van der Waals surface area contributed by atoms with Gasteiger partial charge in [0, 0.05) is 12.6 Å². The van der Waals surface area contributed by atoms with Crippen molar-refractivity contribution in [3.8, 4) is 0 Å². The number of aromatic carboxylic acids is 1. The number of carboxylic acid groups (broad SMARTS) is 1. The van der Waals surface area contributed by atoms with Gasteiger partial charge in [0.2, 0.25) is 0 Å². The van der Waals surface area contributed by atoms with Crippen LogP contribution in [-0.4, -0.2) is 23.7 Å². The number of rotatable bonds is 2. The molecular formula is C14H17BrFNO2. The molecule has 3 nitrogen and oxygen atoms in total. The van der Waals surface area contributed by atoms with Gasteiger partial charge in [0.15, 0.2) is 5.82 Å². The van der Waals surface area contributed by atoms with E-state index in [1.807, 2.05) is 4.90 Å². The van der Waals surface area contributed by atoms with E-state index in [4.69, 9.17) is 5.11 Å². The predicted octanol–water partition coefficient (Wildman–Crippen LogP) is 3.91. The highest BCUT2D eigenvalue weighted by molar-refractivity contribution is 9.10. The van der Waals surface area contributed by atoms with Gasteiger partial charge in [-0.3, -0.25) is 0 Å². The molecule has 0 aliphatic carbocycles. The first kappa shape index (κ1) is 14.3. The quantitative estimate of drug-likeness (QED) is 0.894. The topological polar surface area (TPSA) is 40.5 Å². The Kier molecular flexibility index (Phi) is 4.13. The van der Waals surface area contributed by atoms with Gasteiger partial charge in [0.1, 0.15) is 0 Å². The third kappa shape index (κ3) is 2.61. The van der Waals surface area contributed by atoms with Crippen molar-refractivity contribution in [1.29, 1.82) is 0 Å². The molecule has 104 valence electrons. The van der Waals surface area contributed by atoms with Crippen LogP contribution in [0.1, 0.15) is 37.0 Å². The minimum Gasteiger partial charge on any atom is -0.478 e. The zero-order valence-electron chi connectivity index (χ0n) is 11.0. The van der Waals surface area contributed by atoms with E-state index in [0.717, 1.165) is 19.4 Å². The smallest absolute Gasteiger partial charge is 0.336 e. The number of anilines is 1. The summed E-state index contributed by atoms with van der Waals surface area (Å²) >= 11 is 3.05. The number of hydrogen-bond donors (Lipinski definition) is 1. The second-order valence-corrected chi connectivity index (χ2v) is 5.91. The van der Waals surface area contributed by atoms with Gasteiger partial charge >= 0.3 is 5.97 Å². The molecule has 0 spiro atoms. The highest BCUT2D eigenvalue weighted by Gasteiger charge is 2.28. The molecule has 5 heteroatoms. The fraction of sp³-hybridized carbons (Fsp3) is 0.500. The Morgan fingerprint density at radius 1 is 1.47 bits per heavy atom. The van der Waals surface area contributed by atoms with E-state index in [-0.39, 0.29) is 16.1 Å². The summed E-state index contributed by atoms with van der Waals surface area (Å²) in [5, 5.41) is 8.98. The SMILES string of the molecule is CC1CCCN(c2ccc(C(=O)O)c(Br)c2F)C1C. The first-order chi connectivity index (χ1) is 8.93. The van der Waals surface area contributed by atoms with Crippen LogP contribution in [0.5, 0.6) is 0 Å². The summed E-state index contributed by atoms with van der Waals surface area (Å²) in [6.07, 6.45) is 2.18. The largest absolute Gasteiger partial charge is 0.478 e. The van der Waals surface area contributed by atoms with Crippen LogP contribution in [0.4, 0.5) is 10.1 Å². The molecule has 1 N–H and O–H groups in total. The molecule has 0 amide bonds. The molecule has 1 heterocycles. The molecule has 1 fully saturated rings. The van der Waals surface area contributed by atoms with Gasteiger partial charge < -0.3 is 10.0 Å². The molecule has 2 rings (SSSR count). The molecule has 1 saturated heterocycles. The molecule has 19 heavy (non-hydrogen) atoms. The van der Waals surface area contributed by atoms with E-state index in [9.17, 15) is 9.18 Å². The highest BCUT2D eigenvalue weighted by atomic mass is 79.9. The summed E-state index contributed by atoms with van der Waals surface area (Å²) in [6, 6.07) is 3.28. The van der Waals surface area contributed by atoms with Gasteiger partial charge in [-0.25, -0.2) is 9.18 Å². The fourth-order valence-corrected chi connectivity index (χ4v) is 3.11. The minimum atomic E-state index is -1.13. The van der Waals surface area contributed by atoms with Crippen molar-refractivity contribution < 1.29 is 14.3 Å². The molecule has 0 radical (unpaired) electrons. The number of hydrogen-bond acceptors (Lipinski definition) is 2. The molecule has 0 saturated carbocycles. The molecule has 1 aromatic rings. The summed E-state index contributed by atoms with van der Waals surface area (Å²) in [6.45, 7) is 5.05. The molecule has 2 unspecified atom stereocenters. The van der Waals surface area contributed by atoms with Gasteiger partial charge in [-0.05, 0) is 53.7 Å². The molecule has 1 aromatic carbocycles. The average Bonchev–Trinajstić information content (AvgIpc) is 2.36. The summed E-state index contributed by atoms with van der Waals surface area (Å²) in [5.74, 6) is -1.11. The van der Waals surface area contributed by atoms with Crippen molar-refractivity contribution in [3.05, 3.63) is 28.0 Å². The number of carbonyl (C=O) groups is 1. The van der Waals surface area contributed by atoms with E-state index < -0.39 is 11.8 Å². The number of nitrogens with zero attached hydrogens (tertiary/aromatic N) is 1. The van der Waals surface area contributed by atoms with Crippen LogP contribution in [0, 0.1) is 11.7 Å². The molecule has 2 atom stereocenters. The Bertz CT molecular complexity index is 506. The maximum atomic E-state index is 14.4. The third-order valence-corrected chi connectivity index (χ3v) is 4.75. The molecular weight excluding hydrogens is 313 g/mol. The summed E-state index contributed by atoms with van der Waals surface area (Å²) in [7, 11) is 0. The molecule has 1 aliphatic rings. The van der Waals surface area contributed by atoms with E-state index in [1.54, 1.807) is 6.07 Å². The molecule has 1 aliphatic heterocycles. The zero-order valence-corrected chi connectivity index (χ0v) is 12.6. The van der Waals surface area contributed by atoms with Crippen LogP contribution in [0.25, 0.3) is 0 Å². The van der Waals surface area contributed by atoms with Crippen LogP contribution in [-0.2, 0) is 0 Å². The van der Waals surface area contributed by atoms with Crippen molar-refractivity contribution in [2.24, 2.45) is 5.92 Å². The Morgan fingerprint density at radius 2 is 2.16 bits per heavy atom. The van der Waals surface area contributed by atoms with Gasteiger partial charge in [0.05, 0.1) is 15.7 Å². The van der Waals surface area contributed by atoms with Crippen LogP contribution in [0.15, 0.2) is 16.6 Å². The van der Waals surface area contributed by atoms with Gasteiger partial charge in [0.25, 0.3) is 0 Å². The lowest BCUT2D eigenvalue weighted by Crippen LogP contribution is -2.43. The Morgan fingerprint density at radius 3 is 2.79 bits per heavy atom. The number of piperidine rings is 1. The first-order valence-corrected chi connectivity index (χ1v) is 7.20. The van der Waals surface area contributed by atoms with E-state index in [2.05, 4.69) is 29.8 Å². The van der Waals surface area contributed by atoms with E-state index in [1.165, 1.54) is 6.07 Å². The van der Waals surface area contributed by atoms with E-state index in [0.29, 0.717) is 11.6 Å². The van der Waals surface area contributed by atoms with Crippen molar-refractivity contribution in [3.63, 3.8) is 0 Å². The fourth-order valence-electron chi connectivity index (χ4n) is 2.60. The Labute approximate surface area is 120 Å². The van der Waals surface area contributed by atoms with Crippen LogP contribution < -0.4 is 4.90 Å². The van der Waals surface area contributed by atoms with Crippen molar-refractivity contribution in [1.82, 2.24) is 0 Å². The lowest BCUT2D eigenvalue weighted by Gasteiger charge is -2.39. The maximum Gasteiger partial charge on any atom is 0.336 e. The standard InChI is InChI=1S/C14H17BrFNO2/c1-8-4-3-7-17(9(8)2)11-6-5-10(14(18)19)12(15)13(11)16/h5-6,8-9H,3-4,7H2,1-2H3,(H,18,19). The predicted molar refractivity (Wildman–Crippen MR) is 76.3 cm³/mol. The molecule has 0 aromatic heterocycles. The van der Waals surface area contributed by atoms with Crippen LogP contribution >= 0.6 is 15.9 Å². The monoisotopic (exact) mass is 329 g/mol. The van der Waals surface area contributed by atoms with Crippen molar-refractivity contribution in [2.75, 3.05) is 11.4 Å². The summed E-state index contributed by atoms with van der Waals surface area (Å²) < 4.78 is 14.4. The van der Waals surface area contributed by atoms with Gasteiger partial charge in [-0.15, -0.1) is 0 Å². The molecule has 0 bridgehead atoms. The number of halogens is 2. The van der Waals surface area contributed by atoms with Crippen LogP contribution in [0.3, 0.4) is 0 Å². The number of carboxylic acids is 1. The van der Waals surface area contributed by atoms with Gasteiger partial charge in [-0.1, -0.05) is 6.92 Å². The second kappa shape index (κ2) is 5.49. The number of benzene rings is 1. The Balaban J connectivity index is 2.40. The summed E-state index contributed by atoms with van der Waals surface area (Å²) in [5.41, 5.74) is 0.440. The second-order valence-electron chi connectivity index (χ2n) is 5.12. The van der Waals surface area contributed by atoms with Crippen molar-refractivity contribution >= 4 is 27.6 Å².